The molecule has 0 saturated carbocycles. The van der Waals surface area contributed by atoms with Crippen molar-refractivity contribution < 1.29 is 23.6 Å². The number of benzene rings is 3. The summed E-state index contributed by atoms with van der Waals surface area (Å²) in [5.41, 5.74) is 6.74. The van der Waals surface area contributed by atoms with Crippen molar-refractivity contribution >= 4 is 11.9 Å². The molecule has 0 atom stereocenters. The molecule has 1 amide bonds. The summed E-state index contributed by atoms with van der Waals surface area (Å²) >= 11 is 0. The number of esters is 1. The molecule has 190 valence electrons. The molecule has 0 spiro atoms. The highest BCUT2D eigenvalue weighted by atomic mass is 16.5. The van der Waals surface area contributed by atoms with Gasteiger partial charge in [-0.25, -0.2) is 0 Å². The highest BCUT2D eigenvalue weighted by Crippen LogP contribution is 2.31. The SMILES string of the molecule is COCc1cc(-c2nc(-c3cccc(CC(=O)N(C)CC(=O)OC)c3)no2)ccc1-c1ccccc1C. The van der Waals surface area contributed by atoms with Gasteiger partial charge in [-0.05, 0) is 52.9 Å². The van der Waals surface area contributed by atoms with Crippen LogP contribution in [0.5, 0.6) is 0 Å². The summed E-state index contributed by atoms with van der Waals surface area (Å²) in [6.07, 6.45) is 0.132. The van der Waals surface area contributed by atoms with E-state index in [2.05, 4.69) is 33.9 Å². The standard InChI is InChI=1S/C29H29N3O5/c1-19-8-5-6-11-24(19)25-13-12-22(16-23(25)18-35-3)29-30-28(31-37-29)21-10-7-9-20(14-21)15-26(33)32(2)17-27(34)36-4/h5-14,16H,15,17-18H2,1-4H3. The number of ether oxygens (including phenoxy) is 2. The first kappa shape index (κ1) is 25.8. The lowest BCUT2D eigenvalue weighted by Crippen LogP contribution is -2.33. The van der Waals surface area contributed by atoms with E-state index in [-0.39, 0.29) is 18.9 Å². The quantitative estimate of drug-likeness (QED) is 0.308. The lowest BCUT2D eigenvalue weighted by Gasteiger charge is -2.15. The van der Waals surface area contributed by atoms with E-state index in [4.69, 9.17) is 9.26 Å². The van der Waals surface area contributed by atoms with Crippen LogP contribution in [0, 0.1) is 6.92 Å². The molecular weight excluding hydrogens is 470 g/mol. The van der Waals surface area contributed by atoms with Crippen LogP contribution in [0.3, 0.4) is 0 Å². The van der Waals surface area contributed by atoms with Crippen LogP contribution in [-0.2, 0) is 32.1 Å². The van der Waals surface area contributed by atoms with Crippen LogP contribution in [0.2, 0.25) is 0 Å². The Kier molecular flexibility index (Phi) is 8.10. The molecule has 0 fully saturated rings. The van der Waals surface area contributed by atoms with Crippen molar-refractivity contribution in [3.05, 3.63) is 83.4 Å². The molecule has 8 nitrogen and oxygen atoms in total. The molecule has 4 rings (SSSR count). The van der Waals surface area contributed by atoms with E-state index in [1.54, 1.807) is 14.2 Å². The van der Waals surface area contributed by atoms with Crippen molar-refractivity contribution in [3.63, 3.8) is 0 Å². The summed E-state index contributed by atoms with van der Waals surface area (Å²) < 4.78 is 15.7. The number of rotatable bonds is 9. The van der Waals surface area contributed by atoms with Crippen molar-refractivity contribution in [3.8, 4) is 34.0 Å². The van der Waals surface area contributed by atoms with E-state index < -0.39 is 5.97 Å². The minimum atomic E-state index is -0.468. The van der Waals surface area contributed by atoms with Crippen LogP contribution in [0.15, 0.2) is 71.3 Å². The highest BCUT2D eigenvalue weighted by Gasteiger charge is 2.17. The molecule has 8 heteroatoms. The number of methoxy groups -OCH3 is 2. The molecule has 37 heavy (non-hydrogen) atoms. The molecule has 0 radical (unpaired) electrons. The highest BCUT2D eigenvalue weighted by molar-refractivity contribution is 5.83. The van der Waals surface area contributed by atoms with E-state index in [0.717, 1.165) is 33.4 Å². The zero-order valence-corrected chi connectivity index (χ0v) is 21.4. The van der Waals surface area contributed by atoms with Crippen LogP contribution >= 0.6 is 0 Å². The van der Waals surface area contributed by atoms with Crippen molar-refractivity contribution in [1.29, 1.82) is 0 Å². The Morgan fingerprint density at radius 3 is 2.51 bits per heavy atom. The second-order valence-corrected chi connectivity index (χ2v) is 8.75. The normalized spacial score (nSPS) is 10.8. The Morgan fingerprint density at radius 1 is 0.946 bits per heavy atom. The Morgan fingerprint density at radius 2 is 1.76 bits per heavy atom. The van der Waals surface area contributed by atoms with Gasteiger partial charge >= 0.3 is 5.97 Å². The maximum absolute atomic E-state index is 12.5. The van der Waals surface area contributed by atoms with Gasteiger partial charge in [-0.3, -0.25) is 9.59 Å². The van der Waals surface area contributed by atoms with Gasteiger partial charge in [-0.15, -0.1) is 0 Å². The monoisotopic (exact) mass is 499 g/mol. The lowest BCUT2D eigenvalue weighted by molar-refractivity contribution is -0.145. The fourth-order valence-electron chi connectivity index (χ4n) is 4.07. The number of nitrogens with zero attached hydrogens (tertiary/aromatic N) is 3. The third-order valence-corrected chi connectivity index (χ3v) is 6.07. The average molecular weight is 500 g/mol. The maximum Gasteiger partial charge on any atom is 0.325 e. The number of amides is 1. The third-order valence-electron chi connectivity index (χ3n) is 6.07. The van der Waals surface area contributed by atoms with Crippen molar-refractivity contribution in [2.24, 2.45) is 0 Å². The molecule has 1 aromatic heterocycles. The zero-order chi connectivity index (χ0) is 26.4. The number of carbonyl (C=O) groups is 2. The molecule has 1 heterocycles. The first-order valence-electron chi connectivity index (χ1n) is 11.8. The van der Waals surface area contributed by atoms with E-state index in [0.29, 0.717) is 18.3 Å². The fraction of sp³-hybridized carbons (Fsp3) is 0.241. The Balaban J connectivity index is 1.56. The first-order chi connectivity index (χ1) is 17.9. The van der Waals surface area contributed by atoms with Gasteiger partial charge in [0.15, 0.2) is 0 Å². The molecule has 0 aliphatic carbocycles. The van der Waals surface area contributed by atoms with Crippen LogP contribution in [0.1, 0.15) is 16.7 Å². The number of hydrogen-bond donors (Lipinski definition) is 0. The van der Waals surface area contributed by atoms with Gasteiger partial charge < -0.3 is 18.9 Å². The van der Waals surface area contributed by atoms with Crippen LogP contribution in [0.4, 0.5) is 0 Å². The Bertz CT molecular complexity index is 1410. The second-order valence-electron chi connectivity index (χ2n) is 8.75. The third kappa shape index (κ3) is 6.10. The molecule has 0 bridgehead atoms. The van der Waals surface area contributed by atoms with Gasteiger partial charge in [-0.2, -0.15) is 4.98 Å². The molecule has 0 aliphatic heterocycles. The number of carbonyl (C=O) groups excluding carboxylic acids is 2. The predicted octanol–water partition coefficient (Wildman–Crippen LogP) is 4.70. The number of aryl methyl sites for hydroxylation is 1. The Hall–Kier alpha value is -4.30. The minimum absolute atomic E-state index is 0.100. The van der Waals surface area contributed by atoms with E-state index in [1.807, 2.05) is 54.6 Å². The van der Waals surface area contributed by atoms with Crippen molar-refractivity contribution in [2.75, 3.05) is 27.8 Å². The van der Waals surface area contributed by atoms with Crippen molar-refractivity contribution in [2.45, 2.75) is 20.0 Å². The first-order valence-corrected chi connectivity index (χ1v) is 11.8. The van der Waals surface area contributed by atoms with E-state index in [9.17, 15) is 9.59 Å². The van der Waals surface area contributed by atoms with Crippen molar-refractivity contribution in [1.82, 2.24) is 15.0 Å². The van der Waals surface area contributed by atoms with Gasteiger partial charge in [0.25, 0.3) is 5.89 Å². The Labute approximate surface area is 215 Å². The molecule has 3 aromatic carbocycles. The number of hydrogen-bond acceptors (Lipinski definition) is 7. The van der Waals surface area contributed by atoms with Crippen LogP contribution in [0.25, 0.3) is 34.0 Å². The van der Waals surface area contributed by atoms with Crippen LogP contribution in [-0.4, -0.2) is 54.7 Å². The molecule has 0 N–H and O–H groups in total. The molecule has 4 aromatic rings. The summed E-state index contributed by atoms with van der Waals surface area (Å²) in [7, 11) is 4.53. The molecular formula is C29H29N3O5. The summed E-state index contributed by atoms with van der Waals surface area (Å²) in [6, 6.07) is 21.6. The molecule has 0 saturated heterocycles. The van der Waals surface area contributed by atoms with Gasteiger partial charge in [0.05, 0.1) is 20.1 Å². The number of likely N-dealkylation sites (N-methyl/N-ethyl adjacent to an activating group) is 1. The summed E-state index contributed by atoms with van der Waals surface area (Å²) in [5.74, 6) is 0.145. The smallest absolute Gasteiger partial charge is 0.325 e. The van der Waals surface area contributed by atoms with E-state index >= 15 is 0 Å². The second kappa shape index (κ2) is 11.6. The average Bonchev–Trinajstić information content (AvgIpc) is 3.40. The lowest BCUT2D eigenvalue weighted by atomic mass is 9.94. The minimum Gasteiger partial charge on any atom is -0.468 e. The summed E-state index contributed by atoms with van der Waals surface area (Å²) in [4.78, 5) is 29.9. The maximum atomic E-state index is 12.5. The predicted molar refractivity (Wildman–Crippen MR) is 139 cm³/mol. The largest absolute Gasteiger partial charge is 0.468 e. The zero-order valence-electron chi connectivity index (χ0n) is 21.4. The van der Waals surface area contributed by atoms with E-state index in [1.165, 1.54) is 17.6 Å². The molecule has 0 aliphatic rings. The van der Waals surface area contributed by atoms with Gasteiger partial charge in [0, 0.05) is 25.3 Å². The van der Waals surface area contributed by atoms with Gasteiger partial charge in [0.2, 0.25) is 11.7 Å². The number of aromatic nitrogens is 2. The van der Waals surface area contributed by atoms with Gasteiger partial charge in [0.1, 0.15) is 6.54 Å². The van der Waals surface area contributed by atoms with Gasteiger partial charge in [-0.1, -0.05) is 53.7 Å². The fourth-order valence-corrected chi connectivity index (χ4v) is 4.07. The molecule has 0 unspecified atom stereocenters. The van der Waals surface area contributed by atoms with Crippen LogP contribution < -0.4 is 0 Å². The topological polar surface area (TPSA) is 94.8 Å². The summed E-state index contributed by atoms with van der Waals surface area (Å²) in [5, 5.41) is 4.17. The summed E-state index contributed by atoms with van der Waals surface area (Å²) in [6.45, 7) is 2.43.